The third kappa shape index (κ3) is 2.26. The molecule has 0 atom stereocenters. The van der Waals surface area contributed by atoms with Crippen molar-refractivity contribution in [2.75, 3.05) is 6.61 Å². The summed E-state index contributed by atoms with van der Waals surface area (Å²) in [7, 11) is 1.83. The molecule has 1 aromatic heterocycles. The van der Waals surface area contributed by atoms with Gasteiger partial charge in [0.15, 0.2) is 0 Å². The van der Waals surface area contributed by atoms with Crippen molar-refractivity contribution >= 4 is 28.5 Å². The van der Waals surface area contributed by atoms with E-state index < -0.39 is 0 Å². The molecule has 0 N–H and O–H groups in total. The molecule has 0 aliphatic carbocycles. The summed E-state index contributed by atoms with van der Waals surface area (Å²) < 4.78 is 6.66. The smallest absolute Gasteiger partial charge is 0.310 e. The number of ether oxygens (including phenoxy) is 1. The molecule has 0 radical (unpaired) electrons. The zero-order valence-corrected chi connectivity index (χ0v) is 10.5. The molecule has 2 rings (SSSR count). The SMILES string of the molecule is CCOC(=O)Cc1c(Cl)ccc2cnn(C)c12. The van der Waals surface area contributed by atoms with Crippen molar-refractivity contribution in [1.82, 2.24) is 9.78 Å². The van der Waals surface area contributed by atoms with Gasteiger partial charge in [-0.2, -0.15) is 5.10 Å². The van der Waals surface area contributed by atoms with Crippen LogP contribution in [0.5, 0.6) is 0 Å². The number of hydrogen-bond donors (Lipinski definition) is 0. The minimum Gasteiger partial charge on any atom is -0.466 e. The summed E-state index contributed by atoms with van der Waals surface area (Å²) >= 11 is 6.13. The standard InChI is InChI=1S/C12H13ClN2O2/c1-3-17-11(16)6-9-10(13)5-4-8-7-14-15(2)12(8)9/h4-5,7H,3,6H2,1-2H3. The van der Waals surface area contributed by atoms with Gasteiger partial charge in [-0.05, 0) is 19.1 Å². The molecule has 0 saturated heterocycles. The molecule has 0 saturated carbocycles. The van der Waals surface area contributed by atoms with E-state index in [-0.39, 0.29) is 12.4 Å². The van der Waals surface area contributed by atoms with Crippen molar-refractivity contribution in [3.05, 3.63) is 28.9 Å². The molecule has 1 heterocycles. The van der Waals surface area contributed by atoms with Crippen molar-refractivity contribution in [2.24, 2.45) is 7.05 Å². The number of benzene rings is 1. The van der Waals surface area contributed by atoms with Gasteiger partial charge >= 0.3 is 5.97 Å². The van der Waals surface area contributed by atoms with E-state index in [9.17, 15) is 4.79 Å². The van der Waals surface area contributed by atoms with Crippen LogP contribution in [-0.4, -0.2) is 22.4 Å². The van der Waals surface area contributed by atoms with Crippen LogP contribution in [0.1, 0.15) is 12.5 Å². The fraction of sp³-hybridized carbons (Fsp3) is 0.333. The van der Waals surface area contributed by atoms with Gasteiger partial charge in [0, 0.05) is 23.0 Å². The summed E-state index contributed by atoms with van der Waals surface area (Å²) in [6, 6.07) is 3.67. The number of carbonyl (C=O) groups excluding carboxylic acids is 1. The summed E-state index contributed by atoms with van der Waals surface area (Å²) in [5.41, 5.74) is 1.65. The first-order valence-electron chi connectivity index (χ1n) is 5.38. The van der Waals surface area contributed by atoms with Crippen LogP contribution < -0.4 is 0 Å². The lowest BCUT2D eigenvalue weighted by atomic mass is 10.1. The minimum absolute atomic E-state index is 0.170. The van der Waals surface area contributed by atoms with E-state index in [0.29, 0.717) is 11.6 Å². The van der Waals surface area contributed by atoms with Crippen LogP contribution in [0.3, 0.4) is 0 Å². The maximum atomic E-state index is 11.5. The fourth-order valence-corrected chi connectivity index (χ4v) is 2.07. The molecule has 5 heteroatoms. The maximum Gasteiger partial charge on any atom is 0.310 e. The molecule has 4 nitrogen and oxygen atoms in total. The van der Waals surface area contributed by atoms with Crippen LogP contribution in [0.2, 0.25) is 5.02 Å². The molecule has 0 amide bonds. The highest BCUT2D eigenvalue weighted by molar-refractivity contribution is 6.32. The predicted molar refractivity (Wildman–Crippen MR) is 66.1 cm³/mol. The number of esters is 1. The van der Waals surface area contributed by atoms with Gasteiger partial charge in [0.25, 0.3) is 0 Å². The van der Waals surface area contributed by atoms with Crippen molar-refractivity contribution in [3.63, 3.8) is 0 Å². The van der Waals surface area contributed by atoms with Gasteiger partial charge in [-0.25, -0.2) is 0 Å². The Morgan fingerprint density at radius 2 is 2.29 bits per heavy atom. The van der Waals surface area contributed by atoms with E-state index in [2.05, 4.69) is 5.10 Å². The third-order valence-corrected chi connectivity index (χ3v) is 2.93. The first kappa shape index (κ1) is 11.9. The van der Waals surface area contributed by atoms with Crippen molar-refractivity contribution in [2.45, 2.75) is 13.3 Å². The summed E-state index contributed by atoms with van der Waals surface area (Å²) in [6.45, 7) is 2.15. The Bertz CT molecular complexity index is 563. The Hall–Kier alpha value is -1.55. The van der Waals surface area contributed by atoms with Crippen LogP contribution in [0.25, 0.3) is 10.9 Å². The molecule has 0 unspecified atom stereocenters. The van der Waals surface area contributed by atoms with E-state index in [1.54, 1.807) is 23.9 Å². The second-order valence-electron chi connectivity index (χ2n) is 3.71. The van der Waals surface area contributed by atoms with E-state index in [4.69, 9.17) is 16.3 Å². The molecule has 17 heavy (non-hydrogen) atoms. The quantitative estimate of drug-likeness (QED) is 0.788. The highest BCUT2D eigenvalue weighted by atomic mass is 35.5. The van der Waals surface area contributed by atoms with Gasteiger partial charge in [0.2, 0.25) is 0 Å². The molecular weight excluding hydrogens is 240 g/mol. The zero-order chi connectivity index (χ0) is 12.4. The normalized spacial score (nSPS) is 10.8. The van der Waals surface area contributed by atoms with Crippen LogP contribution in [-0.2, 0) is 23.0 Å². The van der Waals surface area contributed by atoms with Gasteiger partial charge in [0.1, 0.15) is 0 Å². The molecule has 0 aliphatic heterocycles. The molecule has 1 aromatic carbocycles. The second kappa shape index (κ2) is 4.75. The molecule has 0 aliphatic rings. The topological polar surface area (TPSA) is 44.1 Å². The van der Waals surface area contributed by atoms with Gasteiger partial charge in [-0.15, -0.1) is 0 Å². The Kier molecular flexibility index (Phi) is 3.33. The fourth-order valence-electron chi connectivity index (χ4n) is 1.85. The van der Waals surface area contributed by atoms with Gasteiger partial charge in [-0.1, -0.05) is 11.6 Å². The average Bonchev–Trinajstić information content (AvgIpc) is 2.65. The number of aryl methyl sites for hydroxylation is 1. The van der Waals surface area contributed by atoms with Gasteiger partial charge in [0.05, 0.1) is 24.7 Å². The Morgan fingerprint density at radius 1 is 1.53 bits per heavy atom. The zero-order valence-electron chi connectivity index (χ0n) is 9.74. The van der Waals surface area contributed by atoms with Crippen LogP contribution >= 0.6 is 11.6 Å². The Labute approximate surface area is 104 Å². The number of nitrogens with zero attached hydrogens (tertiary/aromatic N) is 2. The van der Waals surface area contributed by atoms with Crippen LogP contribution in [0.15, 0.2) is 18.3 Å². The summed E-state index contributed by atoms with van der Waals surface area (Å²) in [4.78, 5) is 11.5. The first-order valence-corrected chi connectivity index (χ1v) is 5.76. The molecule has 0 bridgehead atoms. The maximum absolute atomic E-state index is 11.5. The average molecular weight is 253 g/mol. The Morgan fingerprint density at radius 3 is 3.00 bits per heavy atom. The number of aromatic nitrogens is 2. The lowest BCUT2D eigenvalue weighted by Gasteiger charge is -2.07. The monoisotopic (exact) mass is 252 g/mol. The predicted octanol–water partition coefficient (Wildman–Crippen LogP) is 2.33. The third-order valence-electron chi connectivity index (χ3n) is 2.58. The summed E-state index contributed by atoms with van der Waals surface area (Å²) in [5.74, 6) is -0.275. The first-order chi connectivity index (χ1) is 8.13. The molecule has 0 spiro atoms. The minimum atomic E-state index is -0.275. The molecule has 90 valence electrons. The molecule has 2 aromatic rings. The molecular formula is C12H13ClN2O2. The molecule has 0 fully saturated rings. The number of halogens is 1. The van der Waals surface area contributed by atoms with Crippen molar-refractivity contribution in [3.8, 4) is 0 Å². The highest BCUT2D eigenvalue weighted by Crippen LogP contribution is 2.26. The number of carbonyl (C=O) groups is 1. The van der Waals surface area contributed by atoms with Gasteiger partial charge < -0.3 is 4.74 Å². The largest absolute Gasteiger partial charge is 0.466 e. The van der Waals surface area contributed by atoms with Crippen molar-refractivity contribution < 1.29 is 9.53 Å². The van der Waals surface area contributed by atoms with Gasteiger partial charge in [-0.3, -0.25) is 9.48 Å². The van der Waals surface area contributed by atoms with Crippen molar-refractivity contribution in [1.29, 1.82) is 0 Å². The number of rotatable bonds is 3. The summed E-state index contributed by atoms with van der Waals surface area (Å²) in [5, 5.41) is 5.69. The van der Waals surface area contributed by atoms with E-state index >= 15 is 0 Å². The second-order valence-corrected chi connectivity index (χ2v) is 4.12. The lowest BCUT2D eigenvalue weighted by molar-refractivity contribution is -0.142. The summed E-state index contributed by atoms with van der Waals surface area (Å²) in [6.07, 6.45) is 1.92. The van der Waals surface area contributed by atoms with E-state index in [1.165, 1.54) is 0 Å². The highest BCUT2D eigenvalue weighted by Gasteiger charge is 2.14. The number of fused-ring (bicyclic) bond motifs is 1. The lowest BCUT2D eigenvalue weighted by Crippen LogP contribution is -2.09. The number of hydrogen-bond acceptors (Lipinski definition) is 3. The van der Waals surface area contributed by atoms with Crippen LogP contribution in [0.4, 0.5) is 0 Å². The van der Waals surface area contributed by atoms with Crippen LogP contribution in [0, 0.1) is 0 Å². The van der Waals surface area contributed by atoms with E-state index in [1.807, 2.05) is 13.1 Å². The Balaban J connectivity index is 2.47. The van der Waals surface area contributed by atoms with E-state index in [0.717, 1.165) is 16.5 Å².